The minimum absolute atomic E-state index is 0.0888. The number of nitrogens with zero attached hydrogens (tertiary/aromatic N) is 1. The summed E-state index contributed by atoms with van der Waals surface area (Å²) < 4.78 is 0. The molecule has 0 fully saturated rings. The molecule has 2 rings (SSSR count). The molecule has 0 bridgehead atoms. The van der Waals surface area contributed by atoms with E-state index in [1.165, 1.54) is 11.1 Å². The van der Waals surface area contributed by atoms with Crippen molar-refractivity contribution in [2.45, 2.75) is 27.3 Å². The Kier molecular flexibility index (Phi) is 5.21. The number of carbonyl (C=O) groups excluding carboxylic acids is 1. The molecule has 22 heavy (non-hydrogen) atoms. The summed E-state index contributed by atoms with van der Waals surface area (Å²) in [5.74, 6) is 0.0888. The van der Waals surface area contributed by atoms with E-state index in [0.717, 1.165) is 16.8 Å². The second kappa shape index (κ2) is 7.12. The predicted octanol–water partition coefficient (Wildman–Crippen LogP) is 3.68. The third-order valence-electron chi connectivity index (χ3n) is 3.99. The van der Waals surface area contributed by atoms with Gasteiger partial charge in [0.1, 0.15) is 0 Å². The lowest BCUT2D eigenvalue weighted by Crippen LogP contribution is -2.32. The smallest absolute Gasteiger partial charge is 0.241 e. The van der Waals surface area contributed by atoms with Gasteiger partial charge in [0.25, 0.3) is 0 Å². The van der Waals surface area contributed by atoms with Crippen LogP contribution < -0.4 is 5.32 Å². The molecule has 0 heterocycles. The number of hydrogen-bond acceptors (Lipinski definition) is 2. The number of para-hydroxylation sites is 1. The summed E-state index contributed by atoms with van der Waals surface area (Å²) in [5.41, 5.74) is 5.78. The summed E-state index contributed by atoms with van der Waals surface area (Å²) >= 11 is 0. The number of hydrogen-bond donors (Lipinski definition) is 1. The zero-order valence-corrected chi connectivity index (χ0v) is 13.8. The summed E-state index contributed by atoms with van der Waals surface area (Å²) in [5, 5.41) is 3.27. The Hall–Kier alpha value is -2.29. The fourth-order valence-electron chi connectivity index (χ4n) is 2.52. The quantitative estimate of drug-likeness (QED) is 0.913. The number of aryl methyl sites for hydroxylation is 3. The van der Waals surface area contributed by atoms with Gasteiger partial charge in [-0.25, -0.2) is 0 Å². The van der Waals surface area contributed by atoms with E-state index in [9.17, 15) is 4.79 Å². The zero-order valence-electron chi connectivity index (χ0n) is 13.8. The second-order valence-corrected chi connectivity index (χ2v) is 5.80. The maximum atomic E-state index is 12.3. The maximum absolute atomic E-state index is 12.3. The van der Waals surface area contributed by atoms with Gasteiger partial charge in [0, 0.05) is 19.3 Å². The molecular formula is C19H24N2O. The highest BCUT2D eigenvalue weighted by Crippen LogP contribution is 2.19. The third-order valence-corrected chi connectivity index (χ3v) is 3.99. The molecule has 3 heteroatoms. The van der Waals surface area contributed by atoms with Gasteiger partial charge in [-0.15, -0.1) is 0 Å². The van der Waals surface area contributed by atoms with Crippen LogP contribution in [0.4, 0.5) is 5.69 Å². The summed E-state index contributed by atoms with van der Waals surface area (Å²) in [7, 11) is 1.85. The number of nitrogens with one attached hydrogen (secondary N) is 1. The zero-order chi connectivity index (χ0) is 16.1. The Morgan fingerprint density at radius 3 is 2.18 bits per heavy atom. The highest BCUT2D eigenvalue weighted by atomic mass is 16.2. The van der Waals surface area contributed by atoms with E-state index in [0.29, 0.717) is 13.1 Å². The molecule has 1 amide bonds. The van der Waals surface area contributed by atoms with Gasteiger partial charge in [0.05, 0.1) is 6.54 Å². The van der Waals surface area contributed by atoms with Crippen molar-refractivity contribution in [2.75, 3.05) is 18.9 Å². The standard InChI is InChI=1S/C19H24N2O/c1-14-8-5-6-11-17(14)13-21(4)18(22)12-20-19-15(2)9-7-10-16(19)3/h5-11,20H,12-13H2,1-4H3. The molecule has 116 valence electrons. The molecule has 0 aliphatic heterocycles. The van der Waals surface area contributed by atoms with Crippen molar-refractivity contribution >= 4 is 11.6 Å². The largest absolute Gasteiger partial charge is 0.376 e. The van der Waals surface area contributed by atoms with Crippen molar-refractivity contribution in [3.8, 4) is 0 Å². The van der Waals surface area contributed by atoms with E-state index in [4.69, 9.17) is 0 Å². The fourth-order valence-corrected chi connectivity index (χ4v) is 2.52. The Morgan fingerprint density at radius 2 is 1.55 bits per heavy atom. The van der Waals surface area contributed by atoms with Crippen LogP contribution in [-0.2, 0) is 11.3 Å². The van der Waals surface area contributed by atoms with Gasteiger partial charge in [0.2, 0.25) is 5.91 Å². The van der Waals surface area contributed by atoms with Crippen LogP contribution in [0.3, 0.4) is 0 Å². The van der Waals surface area contributed by atoms with Gasteiger partial charge < -0.3 is 10.2 Å². The van der Waals surface area contributed by atoms with Gasteiger partial charge >= 0.3 is 0 Å². The second-order valence-electron chi connectivity index (χ2n) is 5.80. The average molecular weight is 296 g/mol. The number of likely N-dealkylation sites (N-methyl/N-ethyl adjacent to an activating group) is 1. The van der Waals surface area contributed by atoms with Gasteiger partial charge in [0.15, 0.2) is 0 Å². The molecule has 0 saturated carbocycles. The Labute approximate surface area is 133 Å². The molecule has 2 aromatic rings. The minimum Gasteiger partial charge on any atom is -0.376 e. The van der Waals surface area contributed by atoms with Crippen molar-refractivity contribution in [2.24, 2.45) is 0 Å². The normalized spacial score (nSPS) is 10.4. The first-order valence-corrected chi connectivity index (χ1v) is 7.57. The Bertz CT molecular complexity index is 644. The van der Waals surface area contributed by atoms with Gasteiger partial charge in [-0.3, -0.25) is 4.79 Å². The van der Waals surface area contributed by atoms with Crippen molar-refractivity contribution < 1.29 is 4.79 Å². The van der Waals surface area contributed by atoms with Crippen molar-refractivity contribution in [3.63, 3.8) is 0 Å². The highest BCUT2D eigenvalue weighted by Gasteiger charge is 2.11. The molecule has 3 nitrogen and oxygen atoms in total. The molecule has 0 aliphatic carbocycles. The number of anilines is 1. The lowest BCUT2D eigenvalue weighted by atomic mass is 10.1. The van der Waals surface area contributed by atoms with Crippen LogP contribution in [0, 0.1) is 20.8 Å². The molecule has 0 saturated heterocycles. The molecule has 0 unspecified atom stereocenters. The number of amides is 1. The molecule has 0 spiro atoms. The van der Waals surface area contributed by atoms with Crippen molar-refractivity contribution in [3.05, 3.63) is 64.7 Å². The molecule has 0 radical (unpaired) electrons. The van der Waals surface area contributed by atoms with Crippen LogP contribution >= 0.6 is 0 Å². The number of benzene rings is 2. The van der Waals surface area contributed by atoms with Crippen LogP contribution in [0.5, 0.6) is 0 Å². The molecular weight excluding hydrogens is 272 g/mol. The first kappa shape index (κ1) is 16.1. The summed E-state index contributed by atoms with van der Waals surface area (Å²) in [6, 6.07) is 14.3. The molecule has 2 aromatic carbocycles. The topological polar surface area (TPSA) is 32.3 Å². The monoisotopic (exact) mass is 296 g/mol. The Balaban J connectivity index is 1.96. The third kappa shape index (κ3) is 3.88. The van der Waals surface area contributed by atoms with E-state index in [-0.39, 0.29) is 5.91 Å². The van der Waals surface area contributed by atoms with Gasteiger partial charge in [-0.2, -0.15) is 0 Å². The molecule has 0 aliphatic rings. The molecule has 0 atom stereocenters. The summed E-state index contributed by atoms with van der Waals surface area (Å²) in [6.45, 7) is 7.13. The van der Waals surface area contributed by atoms with E-state index in [1.54, 1.807) is 4.90 Å². The minimum atomic E-state index is 0.0888. The van der Waals surface area contributed by atoms with Crippen LogP contribution in [0.1, 0.15) is 22.3 Å². The Morgan fingerprint density at radius 1 is 0.955 bits per heavy atom. The fraction of sp³-hybridized carbons (Fsp3) is 0.316. The van der Waals surface area contributed by atoms with E-state index < -0.39 is 0 Å². The SMILES string of the molecule is Cc1ccccc1CN(C)C(=O)CNc1c(C)cccc1C. The van der Waals surface area contributed by atoms with Gasteiger partial charge in [-0.1, -0.05) is 42.5 Å². The summed E-state index contributed by atoms with van der Waals surface area (Å²) in [6.07, 6.45) is 0. The lowest BCUT2D eigenvalue weighted by Gasteiger charge is -2.20. The van der Waals surface area contributed by atoms with Crippen molar-refractivity contribution in [1.82, 2.24) is 4.90 Å². The molecule has 1 N–H and O–H groups in total. The van der Waals surface area contributed by atoms with Crippen molar-refractivity contribution in [1.29, 1.82) is 0 Å². The van der Waals surface area contributed by atoms with Crippen LogP contribution in [0.15, 0.2) is 42.5 Å². The van der Waals surface area contributed by atoms with E-state index in [2.05, 4.69) is 50.4 Å². The van der Waals surface area contributed by atoms with Crippen LogP contribution in [0.2, 0.25) is 0 Å². The highest BCUT2D eigenvalue weighted by molar-refractivity contribution is 5.81. The van der Waals surface area contributed by atoms with E-state index >= 15 is 0 Å². The maximum Gasteiger partial charge on any atom is 0.241 e. The van der Waals surface area contributed by atoms with E-state index in [1.807, 2.05) is 25.2 Å². The first-order chi connectivity index (χ1) is 10.5. The lowest BCUT2D eigenvalue weighted by molar-refractivity contribution is -0.128. The van der Waals surface area contributed by atoms with Crippen LogP contribution in [0.25, 0.3) is 0 Å². The van der Waals surface area contributed by atoms with Gasteiger partial charge in [-0.05, 0) is 43.0 Å². The van der Waals surface area contributed by atoms with Crippen LogP contribution in [-0.4, -0.2) is 24.4 Å². The first-order valence-electron chi connectivity index (χ1n) is 7.57. The molecule has 0 aromatic heterocycles. The summed E-state index contributed by atoms with van der Waals surface area (Å²) in [4.78, 5) is 14.1. The predicted molar refractivity (Wildman–Crippen MR) is 92.1 cm³/mol. The average Bonchev–Trinajstić information content (AvgIpc) is 2.48. The number of carbonyl (C=O) groups is 1. The number of rotatable bonds is 5.